The molecule has 0 aliphatic heterocycles. The molecule has 0 saturated carbocycles. The Morgan fingerprint density at radius 3 is 2.70 bits per heavy atom. The fraction of sp³-hybridized carbons (Fsp3) is 0.500. The summed E-state index contributed by atoms with van der Waals surface area (Å²) >= 11 is 0. The molecule has 2 rings (SSSR count). The van der Waals surface area contributed by atoms with Crippen molar-refractivity contribution in [3.05, 3.63) is 29.3 Å². The fourth-order valence-corrected chi connectivity index (χ4v) is 2.40. The highest BCUT2D eigenvalue weighted by atomic mass is 16.5. The van der Waals surface area contributed by atoms with Gasteiger partial charge in [-0.25, -0.2) is 0 Å². The molecular weight excluding hydrogens is 254 g/mol. The molecule has 1 aliphatic carbocycles. The maximum Gasteiger partial charge on any atom is 0.260 e. The normalized spacial score (nSPS) is 15.7. The lowest BCUT2D eigenvalue weighted by molar-refractivity contribution is -0.127. The summed E-state index contributed by atoms with van der Waals surface area (Å²) in [5.41, 5.74) is 1.68. The lowest BCUT2D eigenvalue weighted by Crippen LogP contribution is -2.40. The van der Waals surface area contributed by atoms with Gasteiger partial charge in [0.2, 0.25) is 0 Å². The van der Waals surface area contributed by atoms with Crippen molar-refractivity contribution < 1.29 is 14.3 Å². The van der Waals surface area contributed by atoms with Gasteiger partial charge in [-0.3, -0.25) is 9.59 Å². The minimum Gasteiger partial charge on any atom is -0.481 e. The molecule has 0 aromatic heterocycles. The number of fused-ring (bicyclic) bond motifs is 1. The van der Waals surface area contributed by atoms with Gasteiger partial charge in [0.15, 0.2) is 11.9 Å². The van der Waals surface area contributed by atoms with Crippen molar-refractivity contribution >= 4 is 11.7 Å². The quantitative estimate of drug-likeness (QED) is 0.918. The van der Waals surface area contributed by atoms with E-state index in [2.05, 4.69) is 5.32 Å². The molecule has 20 heavy (non-hydrogen) atoms. The first-order chi connectivity index (χ1) is 9.49. The van der Waals surface area contributed by atoms with Crippen LogP contribution in [0.1, 0.15) is 49.5 Å². The van der Waals surface area contributed by atoms with Crippen LogP contribution < -0.4 is 10.1 Å². The number of amides is 1. The van der Waals surface area contributed by atoms with Crippen molar-refractivity contribution in [2.24, 2.45) is 0 Å². The monoisotopic (exact) mass is 275 g/mol. The molecule has 0 radical (unpaired) electrons. The number of ketones is 1. The number of carbonyl (C=O) groups is 2. The molecule has 0 saturated heterocycles. The molecule has 1 aromatic rings. The van der Waals surface area contributed by atoms with E-state index in [0.29, 0.717) is 12.2 Å². The van der Waals surface area contributed by atoms with E-state index in [1.807, 2.05) is 32.0 Å². The summed E-state index contributed by atoms with van der Waals surface area (Å²) in [6.07, 6.45) is 1.70. The van der Waals surface area contributed by atoms with E-state index in [1.54, 1.807) is 6.92 Å². The van der Waals surface area contributed by atoms with Gasteiger partial charge in [0, 0.05) is 23.6 Å². The van der Waals surface area contributed by atoms with E-state index < -0.39 is 6.10 Å². The first kappa shape index (κ1) is 14.6. The standard InChI is InChI=1S/C16H21NO3/c1-10(2)17-16(19)11(3)20-15-9-5-6-12-13(15)7-4-8-14(12)18/h5-6,9-11H,4,7-8H2,1-3H3,(H,17,19). The van der Waals surface area contributed by atoms with Crippen LogP contribution in [-0.4, -0.2) is 23.8 Å². The zero-order valence-electron chi connectivity index (χ0n) is 12.2. The first-order valence-corrected chi connectivity index (χ1v) is 7.11. The van der Waals surface area contributed by atoms with Gasteiger partial charge < -0.3 is 10.1 Å². The lowest BCUT2D eigenvalue weighted by Gasteiger charge is -2.22. The third-order valence-corrected chi connectivity index (χ3v) is 3.37. The van der Waals surface area contributed by atoms with Crippen LogP contribution in [-0.2, 0) is 11.2 Å². The van der Waals surface area contributed by atoms with Gasteiger partial charge in [0.25, 0.3) is 5.91 Å². The molecule has 1 N–H and O–H groups in total. The fourth-order valence-electron chi connectivity index (χ4n) is 2.40. The van der Waals surface area contributed by atoms with Gasteiger partial charge in [-0.05, 0) is 39.7 Å². The Balaban J connectivity index is 2.16. The Morgan fingerprint density at radius 1 is 1.25 bits per heavy atom. The van der Waals surface area contributed by atoms with Gasteiger partial charge in [-0.1, -0.05) is 12.1 Å². The summed E-state index contributed by atoms with van der Waals surface area (Å²) < 4.78 is 5.76. The molecule has 0 bridgehead atoms. The molecule has 4 nitrogen and oxygen atoms in total. The maximum atomic E-state index is 11.9. The summed E-state index contributed by atoms with van der Waals surface area (Å²) in [6, 6.07) is 5.56. The minimum absolute atomic E-state index is 0.0832. The number of ether oxygens (including phenoxy) is 1. The number of rotatable bonds is 4. The molecule has 1 aromatic carbocycles. The van der Waals surface area contributed by atoms with Gasteiger partial charge >= 0.3 is 0 Å². The smallest absolute Gasteiger partial charge is 0.260 e. The molecular formula is C16H21NO3. The molecule has 4 heteroatoms. The molecule has 0 spiro atoms. The highest BCUT2D eigenvalue weighted by molar-refractivity contribution is 5.99. The van der Waals surface area contributed by atoms with Crippen molar-refractivity contribution in [1.82, 2.24) is 5.32 Å². The summed E-state index contributed by atoms with van der Waals surface area (Å²) in [4.78, 5) is 23.8. The average Bonchev–Trinajstić information content (AvgIpc) is 2.39. The SMILES string of the molecule is CC(C)NC(=O)C(C)Oc1cccc2c1CCCC2=O. The minimum atomic E-state index is -0.569. The number of hydrogen-bond donors (Lipinski definition) is 1. The van der Waals surface area contributed by atoms with Crippen LogP contribution in [0, 0.1) is 0 Å². The Morgan fingerprint density at radius 2 is 2.00 bits per heavy atom. The van der Waals surface area contributed by atoms with Gasteiger partial charge in [0.1, 0.15) is 5.75 Å². The van der Waals surface area contributed by atoms with Crippen LogP contribution in [0.25, 0.3) is 0 Å². The van der Waals surface area contributed by atoms with Crippen LogP contribution >= 0.6 is 0 Å². The second-order valence-electron chi connectivity index (χ2n) is 5.48. The third-order valence-electron chi connectivity index (χ3n) is 3.37. The topological polar surface area (TPSA) is 55.4 Å². The van der Waals surface area contributed by atoms with E-state index in [1.165, 1.54) is 0 Å². The van der Waals surface area contributed by atoms with E-state index in [-0.39, 0.29) is 17.7 Å². The van der Waals surface area contributed by atoms with Crippen LogP contribution in [0.15, 0.2) is 18.2 Å². The lowest BCUT2D eigenvalue weighted by atomic mass is 9.90. The number of nitrogens with one attached hydrogen (secondary N) is 1. The Kier molecular flexibility index (Phi) is 4.42. The molecule has 0 fully saturated rings. The van der Waals surface area contributed by atoms with E-state index in [9.17, 15) is 9.59 Å². The van der Waals surface area contributed by atoms with Crippen molar-refractivity contribution in [3.63, 3.8) is 0 Å². The maximum absolute atomic E-state index is 11.9. The summed E-state index contributed by atoms with van der Waals surface area (Å²) in [6.45, 7) is 5.54. The van der Waals surface area contributed by atoms with Gasteiger partial charge in [0.05, 0.1) is 0 Å². The van der Waals surface area contributed by atoms with Crippen molar-refractivity contribution in [3.8, 4) is 5.75 Å². The highest BCUT2D eigenvalue weighted by Crippen LogP contribution is 2.30. The number of Topliss-reactive ketones (excluding diaryl/α,β-unsaturated/α-hetero) is 1. The van der Waals surface area contributed by atoms with Gasteiger partial charge in [-0.2, -0.15) is 0 Å². The zero-order chi connectivity index (χ0) is 14.7. The van der Waals surface area contributed by atoms with Crippen LogP contribution in [0.5, 0.6) is 5.75 Å². The third kappa shape index (κ3) is 3.18. The molecule has 108 valence electrons. The average molecular weight is 275 g/mol. The number of carbonyl (C=O) groups excluding carboxylic acids is 2. The summed E-state index contributed by atoms with van der Waals surface area (Å²) in [5.74, 6) is 0.678. The Hall–Kier alpha value is -1.84. The summed E-state index contributed by atoms with van der Waals surface area (Å²) in [7, 11) is 0. The zero-order valence-corrected chi connectivity index (χ0v) is 12.2. The number of benzene rings is 1. The van der Waals surface area contributed by atoms with E-state index in [0.717, 1.165) is 24.0 Å². The Bertz CT molecular complexity index is 522. The van der Waals surface area contributed by atoms with Crippen LogP contribution in [0.3, 0.4) is 0 Å². The predicted molar refractivity (Wildman–Crippen MR) is 77.1 cm³/mol. The largest absolute Gasteiger partial charge is 0.481 e. The van der Waals surface area contributed by atoms with Crippen molar-refractivity contribution in [2.45, 2.75) is 52.2 Å². The van der Waals surface area contributed by atoms with Gasteiger partial charge in [-0.15, -0.1) is 0 Å². The molecule has 1 atom stereocenters. The van der Waals surface area contributed by atoms with Crippen LogP contribution in [0.2, 0.25) is 0 Å². The van der Waals surface area contributed by atoms with Crippen molar-refractivity contribution in [2.75, 3.05) is 0 Å². The second kappa shape index (κ2) is 6.07. The Labute approximate surface area is 119 Å². The molecule has 0 heterocycles. The van der Waals surface area contributed by atoms with Crippen LogP contribution in [0.4, 0.5) is 0 Å². The highest BCUT2D eigenvalue weighted by Gasteiger charge is 2.22. The van der Waals surface area contributed by atoms with Crippen molar-refractivity contribution in [1.29, 1.82) is 0 Å². The number of hydrogen-bond acceptors (Lipinski definition) is 3. The van der Waals surface area contributed by atoms with E-state index in [4.69, 9.17) is 4.74 Å². The molecule has 1 amide bonds. The summed E-state index contributed by atoms with van der Waals surface area (Å²) in [5, 5.41) is 2.82. The molecule has 1 aliphatic rings. The second-order valence-corrected chi connectivity index (χ2v) is 5.48. The molecule has 1 unspecified atom stereocenters. The van der Waals surface area contributed by atoms with E-state index >= 15 is 0 Å². The predicted octanol–water partition coefficient (Wildman–Crippen LogP) is 2.50. The first-order valence-electron chi connectivity index (χ1n) is 7.11.